The maximum atomic E-state index is 6.17. The van der Waals surface area contributed by atoms with Crippen molar-refractivity contribution in [1.29, 1.82) is 0 Å². The summed E-state index contributed by atoms with van der Waals surface area (Å²) < 4.78 is 6.17. The predicted molar refractivity (Wildman–Crippen MR) is 65.7 cm³/mol. The smallest absolute Gasteiger partial charge is 0.0954 e. The molecule has 2 rings (SSSR count). The topological polar surface area (TPSA) is 28.1 Å². The number of piperidine rings is 1. The van der Waals surface area contributed by atoms with Gasteiger partial charge in [0.25, 0.3) is 0 Å². The van der Waals surface area contributed by atoms with Gasteiger partial charge in [-0.1, -0.05) is 0 Å². The molecule has 2 aliphatic rings. The Morgan fingerprint density at radius 1 is 1.38 bits per heavy atom. The van der Waals surface area contributed by atoms with Crippen molar-refractivity contribution < 1.29 is 4.74 Å². The predicted octanol–water partition coefficient (Wildman–Crippen LogP) is 1.18. The maximum Gasteiger partial charge on any atom is 0.0954 e. The molecule has 1 spiro atoms. The zero-order valence-corrected chi connectivity index (χ0v) is 10.9. The lowest BCUT2D eigenvalue weighted by Gasteiger charge is -2.36. The molecule has 1 unspecified atom stereocenters. The Morgan fingerprint density at radius 3 is 2.56 bits per heavy atom. The number of rotatable bonds is 1. The summed E-state index contributed by atoms with van der Waals surface area (Å²) in [5.74, 6) is 0. The van der Waals surface area contributed by atoms with E-state index >= 15 is 0 Å². The number of hydrazone groups is 1. The highest BCUT2D eigenvalue weighted by atomic mass is 16.5. The van der Waals surface area contributed by atoms with E-state index in [2.05, 4.69) is 24.0 Å². The SMILES string of the molecule is CC1OC2(CCN(C)CC2)C/C1=N\N(C)C. The fourth-order valence-electron chi connectivity index (χ4n) is 2.65. The van der Waals surface area contributed by atoms with Crippen LogP contribution < -0.4 is 0 Å². The minimum absolute atomic E-state index is 0.0841. The fourth-order valence-corrected chi connectivity index (χ4v) is 2.65. The van der Waals surface area contributed by atoms with Gasteiger partial charge < -0.3 is 14.6 Å². The summed E-state index contributed by atoms with van der Waals surface area (Å²) in [6, 6.07) is 0. The second-order valence-electron chi connectivity index (χ2n) is 5.36. The first-order valence-corrected chi connectivity index (χ1v) is 6.12. The average molecular weight is 225 g/mol. The molecule has 0 aromatic carbocycles. The van der Waals surface area contributed by atoms with Crippen LogP contribution in [0.2, 0.25) is 0 Å². The van der Waals surface area contributed by atoms with E-state index in [0.717, 1.165) is 32.4 Å². The van der Waals surface area contributed by atoms with Crippen molar-refractivity contribution >= 4 is 5.71 Å². The number of hydrogen-bond acceptors (Lipinski definition) is 4. The van der Waals surface area contributed by atoms with Crippen LogP contribution in [0.25, 0.3) is 0 Å². The highest BCUT2D eigenvalue weighted by Crippen LogP contribution is 2.37. The van der Waals surface area contributed by atoms with E-state index in [1.807, 2.05) is 19.1 Å². The highest BCUT2D eigenvalue weighted by molar-refractivity contribution is 5.90. The summed E-state index contributed by atoms with van der Waals surface area (Å²) in [5, 5.41) is 6.42. The Kier molecular flexibility index (Phi) is 3.22. The Balaban J connectivity index is 2.05. The third-order valence-corrected chi connectivity index (χ3v) is 3.63. The highest BCUT2D eigenvalue weighted by Gasteiger charge is 2.44. The van der Waals surface area contributed by atoms with E-state index in [1.165, 1.54) is 5.71 Å². The van der Waals surface area contributed by atoms with Gasteiger partial charge in [0.2, 0.25) is 0 Å². The summed E-state index contributed by atoms with van der Waals surface area (Å²) in [4.78, 5) is 2.38. The van der Waals surface area contributed by atoms with Crippen LogP contribution in [0.5, 0.6) is 0 Å². The number of ether oxygens (including phenoxy) is 1. The van der Waals surface area contributed by atoms with Gasteiger partial charge in [-0.25, -0.2) is 0 Å². The molecule has 1 atom stereocenters. The molecule has 0 saturated carbocycles. The summed E-state index contributed by atoms with van der Waals surface area (Å²) >= 11 is 0. The molecule has 2 aliphatic heterocycles. The number of likely N-dealkylation sites (tertiary alicyclic amines) is 1. The summed E-state index contributed by atoms with van der Waals surface area (Å²) in [7, 11) is 6.12. The molecule has 0 amide bonds. The second kappa shape index (κ2) is 4.34. The van der Waals surface area contributed by atoms with E-state index in [4.69, 9.17) is 4.74 Å². The third kappa shape index (κ3) is 2.38. The molecule has 2 fully saturated rings. The maximum absolute atomic E-state index is 6.17. The largest absolute Gasteiger partial charge is 0.366 e. The second-order valence-corrected chi connectivity index (χ2v) is 5.36. The van der Waals surface area contributed by atoms with Crippen LogP contribution in [0.1, 0.15) is 26.2 Å². The standard InChI is InChI=1S/C12H23N3O/c1-10-11(13-14(2)3)9-12(16-10)5-7-15(4)8-6-12/h10H,5-9H2,1-4H3/b13-11+. The van der Waals surface area contributed by atoms with Crippen molar-refractivity contribution in [2.75, 3.05) is 34.2 Å². The molecular weight excluding hydrogens is 202 g/mol. The molecule has 0 aromatic rings. The summed E-state index contributed by atoms with van der Waals surface area (Å²) in [5.41, 5.74) is 1.29. The van der Waals surface area contributed by atoms with Crippen LogP contribution >= 0.6 is 0 Å². The minimum Gasteiger partial charge on any atom is -0.366 e. The van der Waals surface area contributed by atoms with Gasteiger partial charge in [0.05, 0.1) is 17.4 Å². The summed E-state index contributed by atoms with van der Waals surface area (Å²) in [6.45, 7) is 4.40. The van der Waals surface area contributed by atoms with Gasteiger partial charge >= 0.3 is 0 Å². The molecule has 2 heterocycles. The van der Waals surface area contributed by atoms with Crippen LogP contribution in [-0.4, -0.2) is 61.6 Å². The molecule has 0 radical (unpaired) electrons. The quantitative estimate of drug-likeness (QED) is 0.627. The molecule has 92 valence electrons. The van der Waals surface area contributed by atoms with Crippen molar-refractivity contribution in [3.8, 4) is 0 Å². The number of nitrogens with zero attached hydrogens (tertiary/aromatic N) is 3. The van der Waals surface area contributed by atoms with Crippen LogP contribution in [0.15, 0.2) is 5.10 Å². The van der Waals surface area contributed by atoms with Gasteiger partial charge in [-0.2, -0.15) is 5.10 Å². The van der Waals surface area contributed by atoms with Crippen LogP contribution in [0, 0.1) is 0 Å². The molecule has 16 heavy (non-hydrogen) atoms. The monoisotopic (exact) mass is 225 g/mol. The van der Waals surface area contributed by atoms with E-state index in [-0.39, 0.29) is 11.7 Å². The summed E-state index contributed by atoms with van der Waals surface area (Å²) in [6.07, 6.45) is 3.48. The van der Waals surface area contributed by atoms with E-state index in [9.17, 15) is 0 Å². The molecule has 0 aromatic heterocycles. The minimum atomic E-state index is 0.0841. The van der Waals surface area contributed by atoms with Gasteiger partial charge in [0.1, 0.15) is 0 Å². The van der Waals surface area contributed by atoms with E-state index in [0.29, 0.717) is 0 Å². The van der Waals surface area contributed by atoms with Crippen molar-refractivity contribution in [1.82, 2.24) is 9.91 Å². The van der Waals surface area contributed by atoms with E-state index < -0.39 is 0 Å². The van der Waals surface area contributed by atoms with Crippen molar-refractivity contribution in [2.24, 2.45) is 5.10 Å². The van der Waals surface area contributed by atoms with Crippen LogP contribution in [-0.2, 0) is 4.74 Å². The number of hydrogen-bond donors (Lipinski definition) is 0. The molecular formula is C12H23N3O. The zero-order valence-electron chi connectivity index (χ0n) is 10.9. The molecule has 2 saturated heterocycles. The van der Waals surface area contributed by atoms with Gasteiger partial charge in [-0.15, -0.1) is 0 Å². The van der Waals surface area contributed by atoms with Gasteiger partial charge in [0, 0.05) is 33.6 Å². The van der Waals surface area contributed by atoms with Gasteiger partial charge in [-0.05, 0) is 26.8 Å². The molecule has 4 nitrogen and oxygen atoms in total. The van der Waals surface area contributed by atoms with Crippen molar-refractivity contribution in [3.05, 3.63) is 0 Å². The lowest BCUT2D eigenvalue weighted by molar-refractivity contribution is -0.0657. The Labute approximate surface area is 98.2 Å². The third-order valence-electron chi connectivity index (χ3n) is 3.63. The first kappa shape index (κ1) is 11.9. The first-order valence-electron chi connectivity index (χ1n) is 6.12. The lowest BCUT2D eigenvalue weighted by Crippen LogP contribution is -2.42. The van der Waals surface area contributed by atoms with Gasteiger partial charge in [-0.3, -0.25) is 0 Å². The zero-order chi connectivity index (χ0) is 11.8. The average Bonchev–Trinajstić information content (AvgIpc) is 2.49. The Bertz CT molecular complexity index is 280. The molecule has 0 aliphatic carbocycles. The first-order chi connectivity index (χ1) is 7.51. The van der Waals surface area contributed by atoms with Crippen molar-refractivity contribution in [3.63, 3.8) is 0 Å². The molecule has 0 bridgehead atoms. The van der Waals surface area contributed by atoms with Crippen LogP contribution in [0.4, 0.5) is 0 Å². The normalized spacial score (nSPS) is 32.5. The van der Waals surface area contributed by atoms with Gasteiger partial charge in [0.15, 0.2) is 0 Å². The van der Waals surface area contributed by atoms with Crippen LogP contribution in [0.3, 0.4) is 0 Å². The fraction of sp³-hybridized carbons (Fsp3) is 0.917. The Hall–Kier alpha value is -0.610. The van der Waals surface area contributed by atoms with Crippen molar-refractivity contribution in [2.45, 2.75) is 37.9 Å². The molecule has 0 N–H and O–H groups in total. The Morgan fingerprint density at radius 2 is 2.00 bits per heavy atom. The lowest BCUT2D eigenvalue weighted by atomic mass is 9.88. The van der Waals surface area contributed by atoms with E-state index in [1.54, 1.807) is 0 Å². The molecule has 4 heteroatoms.